The average molecular weight is 418 g/mol. The second-order valence-electron chi connectivity index (χ2n) is 8.89. The van der Waals surface area contributed by atoms with Crippen molar-refractivity contribution in [2.24, 2.45) is 5.41 Å². The maximum Gasteiger partial charge on any atom is 0.270 e. The van der Waals surface area contributed by atoms with Crippen LogP contribution in [0.15, 0.2) is 60.7 Å². The number of aromatic amines is 1. The zero-order valence-corrected chi connectivity index (χ0v) is 17.6. The van der Waals surface area contributed by atoms with E-state index in [4.69, 9.17) is 0 Å². The van der Waals surface area contributed by atoms with Gasteiger partial charge in [0.1, 0.15) is 5.69 Å². The number of benzene rings is 2. The van der Waals surface area contributed by atoms with E-state index in [1.54, 1.807) is 11.9 Å². The second-order valence-corrected chi connectivity index (χ2v) is 8.89. The van der Waals surface area contributed by atoms with Gasteiger partial charge in [0.15, 0.2) is 0 Å². The number of piperidine rings is 2. The lowest BCUT2D eigenvalue weighted by Gasteiger charge is -2.50. The fourth-order valence-electron chi connectivity index (χ4n) is 5.37. The monoisotopic (exact) mass is 417 g/mol. The molecule has 0 aliphatic carbocycles. The van der Waals surface area contributed by atoms with Crippen LogP contribution in [0.5, 0.6) is 0 Å². The summed E-state index contributed by atoms with van der Waals surface area (Å²) in [6, 6.07) is 19.1. The molecule has 2 aliphatic heterocycles. The van der Waals surface area contributed by atoms with Crippen LogP contribution in [-0.2, 0) is 4.79 Å². The van der Waals surface area contributed by atoms with Crippen molar-refractivity contribution in [3.05, 3.63) is 71.9 Å². The molecule has 160 valence electrons. The number of aliphatic hydroxyl groups excluding tert-OH is 1. The molecule has 2 amide bonds. The molecule has 2 fully saturated rings. The Morgan fingerprint density at radius 3 is 2.45 bits per heavy atom. The molecular weight excluding hydrogens is 390 g/mol. The van der Waals surface area contributed by atoms with Gasteiger partial charge in [-0.15, -0.1) is 0 Å². The number of para-hydroxylation sites is 1. The highest BCUT2D eigenvalue weighted by molar-refractivity contribution is 5.98. The largest absolute Gasteiger partial charge is 0.391 e. The molecule has 6 nitrogen and oxygen atoms in total. The summed E-state index contributed by atoms with van der Waals surface area (Å²) in [5.41, 5.74) is 1.87. The van der Waals surface area contributed by atoms with Crippen molar-refractivity contribution in [2.75, 3.05) is 20.1 Å². The molecule has 0 saturated carbocycles. The number of hydrogen-bond donors (Lipinski definition) is 2. The van der Waals surface area contributed by atoms with Gasteiger partial charge in [-0.3, -0.25) is 9.59 Å². The van der Waals surface area contributed by atoms with E-state index in [1.165, 1.54) is 0 Å². The molecule has 2 N–H and O–H groups in total. The highest BCUT2D eigenvalue weighted by Gasteiger charge is 2.51. The van der Waals surface area contributed by atoms with E-state index in [0.717, 1.165) is 16.5 Å². The van der Waals surface area contributed by atoms with E-state index in [0.29, 0.717) is 38.0 Å². The quantitative estimate of drug-likeness (QED) is 0.671. The van der Waals surface area contributed by atoms with Crippen LogP contribution in [0.4, 0.5) is 0 Å². The lowest BCUT2D eigenvalue weighted by atomic mass is 9.68. The van der Waals surface area contributed by atoms with E-state index in [-0.39, 0.29) is 17.9 Å². The van der Waals surface area contributed by atoms with Crippen LogP contribution in [0.3, 0.4) is 0 Å². The SMILES string of the molecule is CN1C(=O)C2(CCN(C(=O)c3cc4ccccc4[nH]3)CC2)C[C@@H](O)[C@@H]1c1ccccc1. The number of H-pyrrole nitrogens is 1. The summed E-state index contributed by atoms with van der Waals surface area (Å²) in [6.45, 7) is 1.02. The second kappa shape index (κ2) is 7.54. The van der Waals surface area contributed by atoms with Crippen LogP contribution in [-0.4, -0.2) is 57.9 Å². The van der Waals surface area contributed by atoms with Crippen LogP contribution >= 0.6 is 0 Å². The molecule has 2 aliphatic rings. The Morgan fingerprint density at radius 2 is 1.74 bits per heavy atom. The van der Waals surface area contributed by atoms with E-state index in [2.05, 4.69) is 4.98 Å². The molecule has 3 heterocycles. The van der Waals surface area contributed by atoms with E-state index < -0.39 is 11.5 Å². The number of fused-ring (bicyclic) bond motifs is 1. The van der Waals surface area contributed by atoms with Gasteiger partial charge in [-0.1, -0.05) is 48.5 Å². The lowest BCUT2D eigenvalue weighted by molar-refractivity contribution is -0.161. The van der Waals surface area contributed by atoms with Gasteiger partial charge in [0, 0.05) is 31.0 Å². The molecule has 31 heavy (non-hydrogen) atoms. The fourth-order valence-corrected chi connectivity index (χ4v) is 5.37. The van der Waals surface area contributed by atoms with Crippen LogP contribution in [0.25, 0.3) is 10.9 Å². The Balaban J connectivity index is 1.31. The minimum atomic E-state index is -0.624. The van der Waals surface area contributed by atoms with Gasteiger partial charge < -0.3 is 19.9 Å². The Bertz CT molecular complexity index is 1080. The van der Waals surface area contributed by atoms with Crippen molar-refractivity contribution in [3.8, 4) is 0 Å². The summed E-state index contributed by atoms with van der Waals surface area (Å²) >= 11 is 0. The van der Waals surface area contributed by atoms with Crippen molar-refractivity contribution in [3.63, 3.8) is 0 Å². The Labute approximate surface area is 181 Å². The minimum absolute atomic E-state index is 0.0367. The van der Waals surface area contributed by atoms with Crippen LogP contribution in [0, 0.1) is 5.41 Å². The molecule has 2 atom stereocenters. The number of hydrogen-bond acceptors (Lipinski definition) is 3. The molecule has 3 aromatic rings. The van der Waals surface area contributed by atoms with Crippen molar-refractivity contribution in [1.29, 1.82) is 0 Å². The number of aromatic nitrogens is 1. The Morgan fingerprint density at radius 1 is 1.06 bits per heavy atom. The third kappa shape index (κ3) is 3.31. The zero-order valence-electron chi connectivity index (χ0n) is 17.6. The first-order valence-electron chi connectivity index (χ1n) is 10.9. The van der Waals surface area contributed by atoms with Crippen LogP contribution in [0.2, 0.25) is 0 Å². The summed E-state index contributed by atoms with van der Waals surface area (Å²) in [5.74, 6) is 0.0368. The Hall–Kier alpha value is -3.12. The molecule has 0 radical (unpaired) electrons. The number of likely N-dealkylation sites (N-methyl/N-ethyl adjacent to an activating group) is 1. The summed E-state index contributed by atoms with van der Waals surface area (Å²) in [7, 11) is 1.78. The normalized spacial score (nSPS) is 23.5. The number of carbonyl (C=O) groups is 2. The number of carbonyl (C=O) groups excluding carboxylic acids is 2. The average Bonchev–Trinajstić information content (AvgIpc) is 3.23. The summed E-state index contributed by atoms with van der Waals surface area (Å²) in [6.07, 6.45) is 0.951. The number of likely N-dealkylation sites (tertiary alicyclic amines) is 2. The van der Waals surface area contributed by atoms with Gasteiger partial charge in [0.05, 0.1) is 17.6 Å². The first-order chi connectivity index (χ1) is 15.0. The summed E-state index contributed by atoms with van der Waals surface area (Å²) in [5, 5.41) is 12.0. The summed E-state index contributed by atoms with van der Waals surface area (Å²) < 4.78 is 0. The third-order valence-corrected chi connectivity index (χ3v) is 7.06. The van der Waals surface area contributed by atoms with Gasteiger partial charge in [0.25, 0.3) is 5.91 Å². The molecule has 1 spiro atoms. The molecule has 5 rings (SSSR count). The molecule has 6 heteroatoms. The predicted octanol–water partition coefficient (Wildman–Crippen LogP) is 3.35. The first kappa shape index (κ1) is 19.8. The number of nitrogens with zero attached hydrogens (tertiary/aromatic N) is 2. The molecule has 1 aromatic heterocycles. The van der Waals surface area contributed by atoms with E-state index in [1.807, 2.05) is 65.6 Å². The van der Waals surface area contributed by atoms with Gasteiger partial charge >= 0.3 is 0 Å². The van der Waals surface area contributed by atoms with Crippen LogP contribution < -0.4 is 0 Å². The first-order valence-corrected chi connectivity index (χ1v) is 10.9. The highest BCUT2D eigenvalue weighted by Crippen LogP contribution is 2.46. The molecule has 2 aromatic carbocycles. The maximum absolute atomic E-state index is 13.4. The topological polar surface area (TPSA) is 76.6 Å². The number of amides is 2. The minimum Gasteiger partial charge on any atom is -0.391 e. The molecular formula is C25H27N3O3. The number of nitrogens with one attached hydrogen (secondary N) is 1. The van der Waals surface area contributed by atoms with Crippen molar-refractivity contribution in [1.82, 2.24) is 14.8 Å². The van der Waals surface area contributed by atoms with E-state index in [9.17, 15) is 14.7 Å². The third-order valence-electron chi connectivity index (χ3n) is 7.06. The fraction of sp³-hybridized carbons (Fsp3) is 0.360. The molecule has 2 saturated heterocycles. The van der Waals surface area contributed by atoms with Gasteiger partial charge in [-0.05, 0) is 37.0 Å². The van der Waals surface area contributed by atoms with Crippen molar-refractivity contribution < 1.29 is 14.7 Å². The highest BCUT2D eigenvalue weighted by atomic mass is 16.3. The van der Waals surface area contributed by atoms with Gasteiger partial charge in [0.2, 0.25) is 5.91 Å². The van der Waals surface area contributed by atoms with Gasteiger partial charge in [-0.2, -0.15) is 0 Å². The van der Waals surface area contributed by atoms with Crippen molar-refractivity contribution >= 4 is 22.7 Å². The van der Waals surface area contributed by atoms with Crippen LogP contribution in [0.1, 0.15) is 41.4 Å². The maximum atomic E-state index is 13.4. The molecule has 0 unspecified atom stereocenters. The summed E-state index contributed by atoms with van der Waals surface area (Å²) in [4.78, 5) is 33.2. The molecule has 0 bridgehead atoms. The predicted molar refractivity (Wildman–Crippen MR) is 118 cm³/mol. The zero-order chi connectivity index (χ0) is 21.6. The van der Waals surface area contributed by atoms with Crippen molar-refractivity contribution in [2.45, 2.75) is 31.4 Å². The van der Waals surface area contributed by atoms with E-state index >= 15 is 0 Å². The number of aliphatic hydroxyl groups is 1. The Kier molecular flexibility index (Phi) is 4.82. The smallest absolute Gasteiger partial charge is 0.270 e. The van der Waals surface area contributed by atoms with Gasteiger partial charge in [-0.25, -0.2) is 0 Å². The standard InChI is InChI=1S/C25H27N3O3/c1-27-22(17-7-3-2-4-8-17)21(29)16-25(24(27)31)11-13-28(14-12-25)23(30)20-15-18-9-5-6-10-19(18)26-20/h2-10,15,21-22,26,29H,11-14,16H2,1H3/t21-,22+/m1/s1. The lowest BCUT2D eigenvalue weighted by Crippen LogP contribution is -2.57. The number of rotatable bonds is 2.